The summed E-state index contributed by atoms with van der Waals surface area (Å²) in [6.45, 7) is 2.37. The van der Waals surface area contributed by atoms with Gasteiger partial charge >= 0.3 is 0 Å². The first-order valence-corrected chi connectivity index (χ1v) is 10.6. The monoisotopic (exact) mass is 429 g/mol. The molecule has 1 fully saturated rings. The van der Waals surface area contributed by atoms with Crippen molar-refractivity contribution in [2.75, 3.05) is 13.1 Å². The average molecular weight is 429 g/mol. The molecule has 32 heavy (non-hydrogen) atoms. The fraction of sp³-hybridized carbons (Fsp3) is 0.240. The summed E-state index contributed by atoms with van der Waals surface area (Å²) in [7, 11) is 0. The first-order valence-electron chi connectivity index (χ1n) is 10.6. The highest BCUT2D eigenvalue weighted by Crippen LogP contribution is 2.28. The summed E-state index contributed by atoms with van der Waals surface area (Å²) in [4.78, 5) is 19.3. The van der Waals surface area contributed by atoms with Crippen LogP contribution in [0.1, 0.15) is 22.5 Å². The first kappa shape index (κ1) is 20.2. The highest BCUT2D eigenvalue weighted by molar-refractivity contribution is 6.00. The number of hydrogen-bond acceptors (Lipinski definition) is 6. The molecule has 2 aromatic carbocycles. The van der Waals surface area contributed by atoms with Crippen LogP contribution in [-0.4, -0.2) is 51.4 Å². The lowest BCUT2D eigenvalue weighted by Crippen LogP contribution is -2.51. The van der Waals surface area contributed by atoms with Gasteiger partial charge in [-0.2, -0.15) is 0 Å². The second-order valence-electron chi connectivity index (χ2n) is 7.95. The fourth-order valence-corrected chi connectivity index (χ4v) is 4.11. The van der Waals surface area contributed by atoms with E-state index in [1.165, 1.54) is 0 Å². The number of nitrogens with zero attached hydrogens (tertiary/aromatic N) is 3. The standard InChI is InChI=1S/C25H23N3O4/c1-16-23(24(27-32-16)17-6-3-2-4-7-17)25(30)28-13-11-22(21(29)15-28)31-19-9-10-20-18(14-19)8-5-12-26-20/h2-10,12,14,21-22,29H,11,13,15H2,1H3/t21-,22-/m1/s1. The molecule has 1 aliphatic heterocycles. The van der Waals surface area contributed by atoms with Crippen molar-refractivity contribution >= 4 is 16.8 Å². The summed E-state index contributed by atoms with van der Waals surface area (Å²) in [5, 5.41) is 15.8. The number of piperidine rings is 1. The highest BCUT2D eigenvalue weighted by Gasteiger charge is 2.34. The number of benzene rings is 2. The van der Waals surface area contributed by atoms with E-state index >= 15 is 0 Å². The van der Waals surface area contributed by atoms with Crippen molar-refractivity contribution in [3.8, 4) is 17.0 Å². The van der Waals surface area contributed by atoms with Gasteiger partial charge in [-0.05, 0) is 31.2 Å². The Labute approximate surface area is 185 Å². The summed E-state index contributed by atoms with van der Waals surface area (Å²) in [5.41, 5.74) is 2.66. The number of carbonyl (C=O) groups is 1. The van der Waals surface area contributed by atoms with Crippen molar-refractivity contribution in [2.45, 2.75) is 25.6 Å². The molecule has 7 heteroatoms. The maximum Gasteiger partial charge on any atom is 0.259 e. The second kappa shape index (κ2) is 8.43. The van der Waals surface area contributed by atoms with E-state index in [-0.39, 0.29) is 12.5 Å². The van der Waals surface area contributed by atoms with Crippen LogP contribution in [0.25, 0.3) is 22.2 Å². The first-order chi connectivity index (χ1) is 15.6. The van der Waals surface area contributed by atoms with Crippen LogP contribution in [-0.2, 0) is 0 Å². The molecule has 1 amide bonds. The van der Waals surface area contributed by atoms with Gasteiger partial charge in [0, 0.05) is 30.1 Å². The maximum atomic E-state index is 13.3. The maximum absolute atomic E-state index is 13.3. The Balaban J connectivity index is 1.30. The van der Waals surface area contributed by atoms with E-state index in [2.05, 4.69) is 10.1 Å². The summed E-state index contributed by atoms with van der Waals surface area (Å²) < 4.78 is 11.4. The molecule has 0 bridgehead atoms. The van der Waals surface area contributed by atoms with Gasteiger partial charge in [0.15, 0.2) is 0 Å². The lowest BCUT2D eigenvalue weighted by molar-refractivity contribution is -0.0198. The Hall–Kier alpha value is -3.71. The number of hydrogen-bond donors (Lipinski definition) is 1. The number of pyridine rings is 1. The molecule has 2 aromatic heterocycles. The van der Waals surface area contributed by atoms with Gasteiger partial charge in [0.2, 0.25) is 0 Å². The molecular weight excluding hydrogens is 406 g/mol. The normalized spacial score (nSPS) is 18.6. The van der Waals surface area contributed by atoms with Crippen LogP contribution in [0.15, 0.2) is 71.4 Å². The number of fused-ring (bicyclic) bond motifs is 1. The lowest BCUT2D eigenvalue weighted by Gasteiger charge is -2.36. The van der Waals surface area contributed by atoms with Crippen molar-refractivity contribution in [3.05, 3.63) is 78.2 Å². The van der Waals surface area contributed by atoms with Gasteiger partial charge in [0.1, 0.15) is 35.0 Å². The van der Waals surface area contributed by atoms with E-state index in [1.807, 2.05) is 60.7 Å². The zero-order valence-electron chi connectivity index (χ0n) is 17.6. The van der Waals surface area contributed by atoms with Crippen LogP contribution >= 0.6 is 0 Å². The predicted octanol–water partition coefficient (Wildman–Crippen LogP) is 3.85. The summed E-state index contributed by atoms with van der Waals surface area (Å²) in [6.07, 6.45) is 1.06. The largest absolute Gasteiger partial charge is 0.488 e. The van der Waals surface area contributed by atoms with Crippen molar-refractivity contribution < 1.29 is 19.2 Å². The number of ether oxygens (including phenoxy) is 1. The summed E-state index contributed by atoms with van der Waals surface area (Å²) in [6, 6.07) is 19.0. The Morgan fingerprint density at radius 3 is 2.81 bits per heavy atom. The molecule has 7 nitrogen and oxygen atoms in total. The fourth-order valence-electron chi connectivity index (χ4n) is 4.11. The predicted molar refractivity (Wildman–Crippen MR) is 119 cm³/mol. The lowest BCUT2D eigenvalue weighted by atomic mass is 10.0. The number of aliphatic hydroxyl groups excluding tert-OH is 1. The zero-order chi connectivity index (χ0) is 22.1. The number of β-amino-alcohol motifs (C(OH)–C–C–N with tert-alkyl or cyclic N) is 1. The third-order valence-electron chi connectivity index (χ3n) is 5.79. The third-order valence-corrected chi connectivity index (χ3v) is 5.79. The number of aryl methyl sites for hydroxylation is 1. The van der Waals surface area contributed by atoms with E-state index in [9.17, 15) is 9.90 Å². The smallest absolute Gasteiger partial charge is 0.259 e. The highest BCUT2D eigenvalue weighted by atomic mass is 16.5. The van der Waals surface area contributed by atoms with Gasteiger partial charge in [-0.25, -0.2) is 0 Å². The van der Waals surface area contributed by atoms with E-state index in [0.29, 0.717) is 35.7 Å². The molecule has 0 aliphatic carbocycles. The van der Waals surface area contributed by atoms with E-state index in [0.717, 1.165) is 16.5 Å². The Morgan fingerprint density at radius 1 is 1.16 bits per heavy atom. The average Bonchev–Trinajstić information content (AvgIpc) is 3.21. The van der Waals surface area contributed by atoms with Crippen molar-refractivity contribution in [3.63, 3.8) is 0 Å². The molecule has 0 unspecified atom stereocenters. The molecule has 5 rings (SSSR count). The SMILES string of the molecule is Cc1onc(-c2ccccc2)c1C(=O)N1CC[C@@H](Oc2ccc3ncccc3c2)[C@H](O)C1. The second-order valence-corrected chi connectivity index (χ2v) is 7.95. The van der Waals surface area contributed by atoms with Crippen molar-refractivity contribution in [2.24, 2.45) is 0 Å². The van der Waals surface area contributed by atoms with Gasteiger partial charge in [-0.15, -0.1) is 0 Å². The quantitative estimate of drug-likeness (QED) is 0.530. The van der Waals surface area contributed by atoms with Crippen LogP contribution in [0.3, 0.4) is 0 Å². The van der Waals surface area contributed by atoms with Gasteiger partial charge in [-0.3, -0.25) is 9.78 Å². The van der Waals surface area contributed by atoms with E-state index < -0.39 is 12.2 Å². The Morgan fingerprint density at radius 2 is 2.00 bits per heavy atom. The number of rotatable bonds is 4. The molecule has 0 radical (unpaired) electrons. The molecule has 1 saturated heterocycles. The number of aliphatic hydroxyl groups is 1. The summed E-state index contributed by atoms with van der Waals surface area (Å²) in [5.74, 6) is 0.943. The van der Waals surface area contributed by atoms with Crippen molar-refractivity contribution in [1.29, 1.82) is 0 Å². The molecule has 4 aromatic rings. The topological polar surface area (TPSA) is 88.7 Å². The van der Waals surface area contributed by atoms with Crippen LogP contribution in [0.5, 0.6) is 5.75 Å². The molecular formula is C25H23N3O4. The van der Waals surface area contributed by atoms with Crippen LogP contribution in [0.4, 0.5) is 0 Å². The molecule has 1 aliphatic rings. The van der Waals surface area contributed by atoms with Crippen molar-refractivity contribution in [1.82, 2.24) is 15.0 Å². The Kier molecular flexibility index (Phi) is 5.33. The van der Waals surface area contributed by atoms with Crippen LogP contribution in [0.2, 0.25) is 0 Å². The molecule has 0 saturated carbocycles. The van der Waals surface area contributed by atoms with E-state index in [1.54, 1.807) is 18.0 Å². The minimum Gasteiger partial charge on any atom is -0.488 e. The van der Waals surface area contributed by atoms with Gasteiger partial charge in [-0.1, -0.05) is 41.6 Å². The van der Waals surface area contributed by atoms with Gasteiger partial charge in [0.25, 0.3) is 5.91 Å². The van der Waals surface area contributed by atoms with Crippen LogP contribution in [0, 0.1) is 6.92 Å². The van der Waals surface area contributed by atoms with E-state index in [4.69, 9.17) is 9.26 Å². The Bertz CT molecular complexity index is 1250. The number of amides is 1. The van der Waals surface area contributed by atoms with Crippen LogP contribution < -0.4 is 4.74 Å². The van der Waals surface area contributed by atoms with Gasteiger partial charge in [0.05, 0.1) is 12.1 Å². The molecule has 3 heterocycles. The molecule has 0 spiro atoms. The number of carbonyl (C=O) groups excluding carboxylic acids is 1. The minimum absolute atomic E-state index is 0.178. The molecule has 162 valence electrons. The zero-order valence-corrected chi connectivity index (χ0v) is 17.6. The third kappa shape index (κ3) is 3.83. The molecule has 2 atom stereocenters. The van der Waals surface area contributed by atoms with Gasteiger partial charge < -0.3 is 19.3 Å². The molecule has 1 N–H and O–H groups in total. The minimum atomic E-state index is -0.808. The summed E-state index contributed by atoms with van der Waals surface area (Å²) >= 11 is 0. The number of likely N-dealkylation sites (tertiary alicyclic amines) is 1. The number of aromatic nitrogens is 2.